The Bertz CT molecular complexity index is 914. The lowest BCUT2D eigenvalue weighted by atomic mass is 10.1. The maximum atomic E-state index is 12.2. The average molecular weight is 444 g/mol. The molecule has 2 heterocycles. The minimum atomic E-state index is -4.12. The number of aliphatic hydroxyl groups is 2. The van der Waals surface area contributed by atoms with E-state index < -0.39 is 36.3 Å². The van der Waals surface area contributed by atoms with Crippen molar-refractivity contribution in [2.45, 2.75) is 36.8 Å². The van der Waals surface area contributed by atoms with E-state index in [1.807, 2.05) is 6.07 Å². The number of anilines is 1. The van der Waals surface area contributed by atoms with Crippen molar-refractivity contribution in [1.82, 2.24) is 14.6 Å². The Hall–Kier alpha value is -1.72. The first kappa shape index (κ1) is 23.6. The Balaban J connectivity index is 0.00000300. The van der Waals surface area contributed by atoms with Gasteiger partial charge in [-0.1, -0.05) is 37.8 Å². The fourth-order valence-corrected chi connectivity index (χ4v) is 5.10. The van der Waals surface area contributed by atoms with Crippen LogP contribution in [0.15, 0.2) is 47.4 Å². The first-order chi connectivity index (χ1) is 13.3. The molecule has 160 valence electrons. The normalized spacial score (nSPS) is 25.9. The molecule has 1 aromatic carbocycles. The lowest BCUT2D eigenvalue weighted by Gasteiger charge is -2.18. The first-order valence-corrected chi connectivity index (χ1v) is 10.9. The van der Waals surface area contributed by atoms with E-state index in [4.69, 9.17) is 10.3 Å². The van der Waals surface area contributed by atoms with Crippen molar-refractivity contribution in [2.24, 2.45) is 0 Å². The minimum absolute atomic E-state index is 0. The molecule has 10 nitrogen and oxygen atoms in total. The van der Waals surface area contributed by atoms with E-state index in [0.29, 0.717) is 0 Å². The number of aliphatic hydroxyl groups excluding tert-OH is 2. The highest BCUT2D eigenvalue weighted by atomic mass is 32.2. The lowest BCUT2D eigenvalue weighted by molar-refractivity contribution is 0.0109. The van der Waals surface area contributed by atoms with E-state index in [1.54, 1.807) is 24.3 Å². The Morgan fingerprint density at radius 3 is 2.59 bits per heavy atom. The third-order valence-electron chi connectivity index (χ3n) is 4.20. The molecule has 0 aliphatic carbocycles. The summed E-state index contributed by atoms with van der Waals surface area (Å²) < 4.78 is 18.4. The molecule has 0 amide bonds. The number of thioether (sulfide) groups is 1. The van der Waals surface area contributed by atoms with Gasteiger partial charge in [-0.15, -0.1) is 11.8 Å². The second-order valence-corrected chi connectivity index (χ2v) is 9.20. The van der Waals surface area contributed by atoms with Gasteiger partial charge in [0.2, 0.25) is 0 Å². The van der Waals surface area contributed by atoms with E-state index in [9.17, 15) is 24.5 Å². The molecule has 29 heavy (non-hydrogen) atoms. The molecule has 1 saturated heterocycles. The predicted octanol–water partition coefficient (Wildman–Crippen LogP) is 0.704. The van der Waals surface area contributed by atoms with Gasteiger partial charge in [-0.2, -0.15) is 4.98 Å². The Kier molecular flexibility index (Phi) is 8.01. The second-order valence-electron chi connectivity index (χ2n) is 6.23. The van der Waals surface area contributed by atoms with Crippen LogP contribution in [0.25, 0.3) is 0 Å². The van der Waals surface area contributed by atoms with Crippen molar-refractivity contribution in [3.05, 3.63) is 58.6 Å². The van der Waals surface area contributed by atoms with Gasteiger partial charge in [0.1, 0.15) is 17.3 Å². The van der Waals surface area contributed by atoms with Crippen molar-refractivity contribution in [2.75, 3.05) is 12.3 Å². The largest absolute Gasteiger partial charge is 0.403 e. The van der Waals surface area contributed by atoms with E-state index in [2.05, 4.69) is 10.1 Å². The lowest BCUT2D eigenvalue weighted by Crippen LogP contribution is -2.36. The van der Waals surface area contributed by atoms with E-state index in [0.717, 1.165) is 21.9 Å². The van der Waals surface area contributed by atoms with Gasteiger partial charge in [0.05, 0.1) is 18.0 Å². The molecule has 3 rings (SSSR count). The Labute approximate surface area is 172 Å². The molecule has 0 spiro atoms. The predicted molar refractivity (Wildman–Crippen MR) is 111 cm³/mol. The maximum Gasteiger partial charge on any atom is 0.403 e. The van der Waals surface area contributed by atoms with Crippen LogP contribution in [-0.2, 0) is 15.6 Å². The maximum absolute atomic E-state index is 12.2. The van der Waals surface area contributed by atoms with Gasteiger partial charge in [-0.05, 0) is 11.6 Å². The summed E-state index contributed by atoms with van der Waals surface area (Å²) >= 11 is 1.05. The number of benzene rings is 1. The summed E-state index contributed by atoms with van der Waals surface area (Å²) in [5.74, 6) is 0.0462. The highest BCUT2D eigenvalue weighted by Gasteiger charge is 2.44. The smallest absolute Gasteiger partial charge is 0.389 e. The van der Waals surface area contributed by atoms with Gasteiger partial charge >= 0.3 is 13.4 Å². The minimum Gasteiger partial charge on any atom is -0.389 e. The number of nitrogens with one attached hydrogen (secondary N) is 1. The van der Waals surface area contributed by atoms with Gasteiger partial charge in [-0.3, -0.25) is 9.09 Å². The third kappa shape index (κ3) is 5.89. The number of aromatic nitrogens is 2. The zero-order chi connectivity index (χ0) is 20.3. The van der Waals surface area contributed by atoms with Crippen molar-refractivity contribution in [3.8, 4) is 0 Å². The molecule has 0 bridgehead atoms. The number of hydrogen-bond donors (Lipinski definition) is 5. The number of hydrogen-bond acceptors (Lipinski definition) is 8. The van der Waals surface area contributed by atoms with Gasteiger partial charge in [-0.25, -0.2) is 14.4 Å². The molecule has 5 atom stereocenters. The fraction of sp³-hybridized carbons (Fsp3) is 0.412. The molecule has 1 fully saturated rings. The van der Waals surface area contributed by atoms with E-state index >= 15 is 0 Å². The molecule has 1 aliphatic heterocycles. The summed E-state index contributed by atoms with van der Waals surface area (Å²) in [6.45, 7) is -0.168. The third-order valence-corrected chi connectivity index (χ3v) is 6.81. The van der Waals surface area contributed by atoms with Gasteiger partial charge in [0.15, 0.2) is 0 Å². The SMILES string of the molecule is C.Nc1ccn([C@@H]2S[C@H](COP(=O)(O)NCc3ccccc3)[C@@H](O)[C@@H]2O)c(=O)n1. The molecule has 0 radical (unpaired) electrons. The summed E-state index contributed by atoms with van der Waals surface area (Å²) in [5.41, 5.74) is 5.60. The van der Waals surface area contributed by atoms with Gasteiger partial charge in [0, 0.05) is 12.7 Å². The molecular formula is C17H25N4O6PS. The summed E-state index contributed by atoms with van der Waals surface area (Å²) in [4.78, 5) is 25.5. The van der Waals surface area contributed by atoms with Crippen molar-refractivity contribution in [3.63, 3.8) is 0 Å². The number of nitrogens with two attached hydrogens (primary N) is 1. The molecule has 0 saturated carbocycles. The molecule has 1 aliphatic rings. The summed E-state index contributed by atoms with van der Waals surface area (Å²) in [7, 11) is -4.12. The molecule has 12 heteroatoms. The van der Waals surface area contributed by atoms with Crippen LogP contribution < -0.4 is 16.5 Å². The molecular weight excluding hydrogens is 419 g/mol. The molecule has 2 aromatic rings. The zero-order valence-electron chi connectivity index (χ0n) is 14.7. The highest BCUT2D eigenvalue weighted by Crippen LogP contribution is 2.44. The van der Waals surface area contributed by atoms with Crippen molar-refractivity contribution < 1.29 is 24.2 Å². The summed E-state index contributed by atoms with van der Waals surface area (Å²) in [5, 5.41) is 21.4. The van der Waals surface area contributed by atoms with Crippen LogP contribution in [0.2, 0.25) is 0 Å². The highest BCUT2D eigenvalue weighted by molar-refractivity contribution is 8.00. The van der Waals surface area contributed by atoms with Crippen LogP contribution in [0, 0.1) is 0 Å². The van der Waals surface area contributed by atoms with Crippen LogP contribution in [0.4, 0.5) is 5.82 Å². The van der Waals surface area contributed by atoms with Gasteiger partial charge in [0.25, 0.3) is 0 Å². The molecule has 1 unspecified atom stereocenters. The number of rotatable bonds is 7. The number of nitrogen functional groups attached to an aromatic ring is 1. The van der Waals surface area contributed by atoms with Crippen LogP contribution >= 0.6 is 19.5 Å². The monoisotopic (exact) mass is 444 g/mol. The Morgan fingerprint density at radius 2 is 1.93 bits per heavy atom. The quantitative estimate of drug-likeness (QED) is 0.385. The van der Waals surface area contributed by atoms with Crippen molar-refractivity contribution in [1.29, 1.82) is 0 Å². The van der Waals surface area contributed by atoms with Crippen molar-refractivity contribution >= 4 is 25.3 Å². The second kappa shape index (κ2) is 9.86. The fourth-order valence-electron chi connectivity index (χ4n) is 2.72. The average Bonchev–Trinajstić information content (AvgIpc) is 2.94. The summed E-state index contributed by atoms with van der Waals surface area (Å²) in [6.07, 6.45) is -1.16. The standard InChI is InChI=1S/C16H21N4O6PS.CH4/c17-12-6-7-20(16(23)19-12)15-14(22)13(21)11(28-15)9-26-27(24,25)18-8-10-4-2-1-3-5-10;/h1-7,11,13-15,21-22H,8-9H2,(H2,17,19,23)(H2,18,24,25);1H4/t11-,13-,14+,15-;/m1./s1. The molecule has 1 aromatic heterocycles. The number of nitrogens with zero attached hydrogens (tertiary/aromatic N) is 2. The zero-order valence-corrected chi connectivity index (χ0v) is 16.4. The van der Waals surface area contributed by atoms with Gasteiger partial charge < -0.3 is 20.8 Å². The van der Waals surface area contributed by atoms with Crippen LogP contribution in [-0.4, -0.2) is 48.7 Å². The van der Waals surface area contributed by atoms with Crippen LogP contribution in [0.5, 0.6) is 0 Å². The topological polar surface area (TPSA) is 160 Å². The summed E-state index contributed by atoms with van der Waals surface area (Å²) in [6, 6.07) is 10.4. The van der Waals surface area contributed by atoms with Crippen LogP contribution in [0.3, 0.4) is 0 Å². The molecule has 6 N–H and O–H groups in total. The van der Waals surface area contributed by atoms with E-state index in [-0.39, 0.29) is 26.4 Å². The first-order valence-electron chi connectivity index (χ1n) is 8.39. The van der Waals surface area contributed by atoms with E-state index in [1.165, 1.54) is 12.3 Å². The van der Waals surface area contributed by atoms with Crippen LogP contribution in [0.1, 0.15) is 18.4 Å². The Morgan fingerprint density at radius 1 is 1.24 bits per heavy atom.